The number of pyridine rings is 3. The van der Waals surface area contributed by atoms with Gasteiger partial charge in [0.2, 0.25) is 0 Å². The van der Waals surface area contributed by atoms with Crippen LogP contribution in [0.3, 0.4) is 0 Å². The molecule has 0 aliphatic carbocycles. The molecule has 1 radical (unpaired) electrons. The van der Waals surface area contributed by atoms with E-state index < -0.39 is 11.4 Å². The van der Waals surface area contributed by atoms with Crippen molar-refractivity contribution >= 4 is 23.0 Å². The first-order valence-corrected chi connectivity index (χ1v) is 16.2. The van der Waals surface area contributed by atoms with Crippen LogP contribution >= 0.6 is 0 Å². The van der Waals surface area contributed by atoms with Crippen LogP contribution in [-0.4, -0.2) is 40.2 Å². The third-order valence-electron chi connectivity index (χ3n) is 8.66. The van der Waals surface area contributed by atoms with Crippen molar-refractivity contribution in [3.8, 4) is 22.8 Å². The van der Waals surface area contributed by atoms with Gasteiger partial charge in [0.05, 0.1) is 25.3 Å². The number of hydrogen-bond acceptors (Lipinski definition) is 7. The molecule has 0 amide bonds. The normalized spacial score (nSPS) is 14.0. The molecule has 3 aromatic heterocycles. The molecule has 4 aromatic carbocycles. The molecule has 0 bridgehead atoms. The minimum absolute atomic E-state index is 0. The maximum Gasteiger partial charge on any atom is 0.354 e. The van der Waals surface area contributed by atoms with Crippen LogP contribution < -0.4 is 14.4 Å². The van der Waals surface area contributed by atoms with Crippen LogP contribution in [0.4, 0.5) is 17.1 Å². The third-order valence-corrected chi connectivity index (χ3v) is 8.66. The van der Waals surface area contributed by atoms with Crippen LogP contribution in [0.25, 0.3) is 11.3 Å². The fraction of sp³-hybridized carbons (Fsp3) is 0.0698. The first-order chi connectivity index (χ1) is 25.0. The Balaban J connectivity index is 0.000000408. The Morgan fingerprint density at radius 2 is 1.42 bits per heavy atom. The van der Waals surface area contributed by atoms with E-state index in [2.05, 4.69) is 70.5 Å². The van der Waals surface area contributed by atoms with Crippen LogP contribution in [0.15, 0.2) is 152 Å². The van der Waals surface area contributed by atoms with Crippen LogP contribution in [-0.2, 0) is 25.5 Å². The number of fused-ring (bicyclic) bond motifs is 2. The average Bonchev–Trinajstić information content (AvgIpc) is 3.21. The monoisotopic (exact) mass is 861 g/mol. The number of methoxy groups -OCH3 is 2. The van der Waals surface area contributed by atoms with Gasteiger partial charge in [-0.2, -0.15) is 6.07 Å². The van der Waals surface area contributed by atoms with E-state index in [-0.39, 0.29) is 25.8 Å². The van der Waals surface area contributed by atoms with Crippen LogP contribution in [0.1, 0.15) is 33.0 Å². The molecule has 0 spiro atoms. The van der Waals surface area contributed by atoms with Gasteiger partial charge in [-0.05, 0) is 59.8 Å². The minimum atomic E-state index is -0.990. The molecule has 52 heavy (non-hydrogen) atoms. The van der Waals surface area contributed by atoms with Gasteiger partial charge in [0, 0.05) is 61.4 Å². The summed E-state index contributed by atoms with van der Waals surface area (Å²) in [6, 6.07) is 52.3. The summed E-state index contributed by atoms with van der Waals surface area (Å²) in [5, 5.41) is 8.32. The van der Waals surface area contributed by atoms with Crippen molar-refractivity contribution in [2.24, 2.45) is 0 Å². The Hall–Kier alpha value is -6.15. The predicted octanol–water partition coefficient (Wildman–Crippen LogP) is 8.70. The second kappa shape index (κ2) is 15.8. The van der Waals surface area contributed by atoms with E-state index in [4.69, 9.17) is 24.5 Å². The van der Waals surface area contributed by atoms with Gasteiger partial charge in [-0.3, -0.25) is 9.97 Å². The first-order valence-electron chi connectivity index (χ1n) is 16.2. The average molecular weight is 861 g/mol. The molecule has 0 fully saturated rings. The molecule has 9 heteroatoms. The van der Waals surface area contributed by atoms with Crippen molar-refractivity contribution in [3.05, 3.63) is 192 Å². The number of carboxylic acid groups (broad SMARTS) is 1. The number of para-hydroxylation sites is 1. The molecule has 0 unspecified atom stereocenters. The Morgan fingerprint density at radius 3 is 2.08 bits per heavy atom. The van der Waals surface area contributed by atoms with Crippen LogP contribution in [0, 0.1) is 12.1 Å². The van der Waals surface area contributed by atoms with E-state index in [0.29, 0.717) is 5.75 Å². The fourth-order valence-corrected chi connectivity index (χ4v) is 6.40. The molecule has 0 saturated heterocycles. The number of rotatable bonds is 7. The summed E-state index contributed by atoms with van der Waals surface area (Å²) in [6.45, 7) is 0. The van der Waals surface area contributed by atoms with Gasteiger partial charge in [-0.15, -0.1) is 53.6 Å². The molecule has 8 nitrogen and oxygen atoms in total. The maximum absolute atomic E-state index is 10.1. The Bertz CT molecular complexity index is 2220. The minimum Gasteiger partial charge on any atom is -0.554 e. The Kier molecular flexibility index (Phi) is 10.8. The Morgan fingerprint density at radius 1 is 0.712 bits per heavy atom. The van der Waals surface area contributed by atoms with Crippen molar-refractivity contribution in [3.63, 3.8) is 0 Å². The molecule has 8 rings (SSSR count). The fourth-order valence-electron chi connectivity index (χ4n) is 6.40. The van der Waals surface area contributed by atoms with Crippen molar-refractivity contribution in [2.75, 3.05) is 19.1 Å². The predicted molar refractivity (Wildman–Crippen MR) is 196 cm³/mol. The van der Waals surface area contributed by atoms with E-state index in [1.807, 2.05) is 79.0 Å². The molecule has 1 aliphatic rings. The van der Waals surface area contributed by atoms with Crippen molar-refractivity contribution in [1.82, 2.24) is 15.0 Å². The van der Waals surface area contributed by atoms with Gasteiger partial charge < -0.3 is 19.5 Å². The Labute approximate surface area is 315 Å². The number of aromatic carboxylic acids is 1. The SMILES string of the molecule is COc1c[c-]c2c(c1)N(c1ccccc1)c1cc(OC)ccc1[C@]2(c1ccccn1)c1cccc(-c2[c-]cccc2)n1.O=C(O)c1ccccn1.[Ir]. The van der Waals surface area contributed by atoms with E-state index in [1.54, 1.807) is 26.4 Å². The molecule has 1 N–H and O–H groups in total. The zero-order valence-corrected chi connectivity index (χ0v) is 30.6. The first kappa shape index (κ1) is 35.7. The quantitative estimate of drug-likeness (QED) is 0.159. The molecule has 4 heterocycles. The topological polar surface area (TPSA) is 97.7 Å². The number of ether oxygens (including phenoxy) is 2. The van der Waals surface area contributed by atoms with Crippen molar-refractivity contribution < 1.29 is 39.5 Å². The molecule has 1 aliphatic heterocycles. The summed E-state index contributed by atoms with van der Waals surface area (Å²) in [7, 11) is 3.37. The van der Waals surface area contributed by atoms with Gasteiger partial charge in [0.15, 0.2) is 0 Å². The number of benzene rings is 4. The van der Waals surface area contributed by atoms with Gasteiger partial charge in [-0.25, -0.2) is 9.78 Å². The number of hydrogen-bond donors (Lipinski definition) is 1. The molecular weight excluding hydrogens is 829 g/mol. The van der Waals surface area contributed by atoms with Crippen molar-refractivity contribution in [2.45, 2.75) is 5.41 Å². The molecule has 7 aromatic rings. The zero-order chi connectivity index (χ0) is 35.2. The number of aromatic nitrogens is 3. The summed E-state index contributed by atoms with van der Waals surface area (Å²) in [5.41, 5.74) is 7.43. The molecule has 0 saturated carbocycles. The summed E-state index contributed by atoms with van der Waals surface area (Å²) >= 11 is 0. The summed E-state index contributed by atoms with van der Waals surface area (Å²) in [5.74, 6) is 0.465. The van der Waals surface area contributed by atoms with E-state index in [9.17, 15) is 4.79 Å². The molecule has 259 valence electrons. The van der Waals surface area contributed by atoms with Gasteiger partial charge >= 0.3 is 5.97 Å². The summed E-state index contributed by atoms with van der Waals surface area (Å²) < 4.78 is 11.5. The van der Waals surface area contributed by atoms with E-state index in [1.165, 1.54) is 12.3 Å². The maximum atomic E-state index is 10.1. The number of nitrogens with zero attached hydrogens (tertiary/aromatic N) is 4. The van der Waals surface area contributed by atoms with Gasteiger partial charge in [0.1, 0.15) is 11.4 Å². The van der Waals surface area contributed by atoms with Crippen LogP contribution in [0.2, 0.25) is 0 Å². The summed E-state index contributed by atoms with van der Waals surface area (Å²) in [4.78, 5) is 26.3. The third kappa shape index (κ3) is 6.67. The molecule has 1 atom stereocenters. The summed E-state index contributed by atoms with van der Waals surface area (Å²) in [6.07, 6.45) is 3.28. The van der Waals surface area contributed by atoms with E-state index >= 15 is 0 Å². The smallest absolute Gasteiger partial charge is 0.354 e. The standard InChI is InChI=1S/C37H27N3O2.C6H5NO2.Ir/c1-41-28-19-21-30-33(24-28)40(27-14-7-4-8-15-27)34-25-29(42-2)20-22-31(34)37(30,35-17-9-10-23-38-35)36-18-11-16-32(39-36)26-12-5-3-6-13-26;8-6(9)5-3-1-2-4-7-5;/h3-12,14-21,23-25H,1-2H3;1-4H,(H,8,9);/q-2;;/t37-;;/m0../s1. The van der Waals surface area contributed by atoms with Gasteiger partial charge in [-0.1, -0.05) is 54.2 Å². The largest absolute Gasteiger partial charge is 0.554 e. The van der Waals surface area contributed by atoms with E-state index in [0.717, 1.165) is 56.6 Å². The number of carboxylic acids is 1. The molecular formula is C43H32IrN4O4-2. The van der Waals surface area contributed by atoms with Crippen LogP contribution in [0.5, 0.6) is 11.5 Å². The van der Waals surface area contributed by atoms with Crippen molar-refractivity contribution in [1.29, 1.82) is 0 Å². The zero-order valence-electron chi connectivity index (χ0n) is 28.2. The number of carbonyl (C=O) groups is 1. The second-order valence-electron chi connectivity index (χ2n) is 11.5. The van der Waals surface area contributed by atoms with Gasteiger partial charge in [0.25, 0.3) is 0 Å². The second-order valence-corrected chi connectivity index (χ2v) is 11.5. The number of anilines is 3.